The lowest BCUT2D eigenvalue weighted by Crippen LogP contribution is -2.25. The lowest BCUT2D eigenvalue weighted by atomic mass is 9.81. The van der Waals surface area contributed by atoms with Gasteiger partial charge in [0.25, 0.3) is 0 Å². The van der Waals surface area contributed by atoms with E-state index >= 15 is 0 Å². The fraction of sp³-hybridized carbons (Fsp3) is 0.889. The third-order valence-electron chi connectivity index (χ3n) is 2.83. The van der Waals surface area contributed by atoms with Crippen LogP contribution in [-0.4, -0.2) is 12.3 Å². The quantitative estimate of drug-likeness (QED) is 0.486. The van der Waals surface area contributed by atoms with Crippen molar-refractivity contribution in [3.05, 3.63) is 0 Å². The Bertz CT molecular complexity index is 140. The van der Waals surface area contributed by atoms with Crippen molar-refractivity contribution in [2.24, 2.45) is 10.9 Å². The van der Waals surface area contributed by atoms with Gasteiger partial charge < -0.3 is 0 Å². The van der Waals surface area contributed by atoms with Gasteiger partial charge in [0.15, 0.2) is 0 Å². The molecule has 0 bridgehead atoms. The molecular formula is C9H15N. The summed E-state index contributed by atoms with van der Waals surface area (Å²) in [6.07, 6.45) is 10.5. The van der Waals surface area contributed by atoms with Crippen LogP contribution in [0.4, 0.5) is 0 Å². The van der Waals surface area contributed by atoms with Gasteiger partial charge in [-0.05, 0) is 37.8 Å². The van der Waals surface area contributed by atoms with Gasteiger partial charge in [0.2, 0.25) is 0 Å². The molecule has 0 aromatic carbocycles. The topological polar surface area (TPSA) is 12.4 Å². The minimum atomic E-state index is 0.725. The Morgan fingerprint density at radius 2 is 2.00 bits per heavy atom. The maximum absolute atomic E-state index is 4.53. The molecule has 0 spiro atoms. The summed E-state index contributed by atoms with van der Waals surface area (Å²) in [5, 5.41) is 0. The lowest BCUT2D eigenvalue weighted by molar-refractivity contribution is 0.288. The molecule has 2 rings (SSSR count). The van der Waals surface area contributed by atoms with E-state index in [2.05, 4.69) is 11.2 Å². The van der Waals surface area contributed by atoms with Crippen molar-refractivity contribution in [2.45, 2.75) is 44.6 Å². The molecule has 1 nitrogen and oxygen atoms in total. The molecule has 10 heavy (non-hydrogen) atoms. The molecule has 0 radical (unpaired) electrons. The van der Waals surface area contributed by atoms with Crippen LogP contribution >= 0.6 is 0 Å². The zero-order valence-electron chi connectivity index (χ0n) is 6.42. The van der Waals surface area contributed by atoms with Gasteiger partial charge in [-0.2, -0.15) is 0 Å². The third-order valence-corrected chi connectivity index (χ3v) is 2.83. The number of rotatable bonds is 0. The van der Waals surface area contributed by atoms with E-state index in [-0.39, 0.29) is 0 Å². The molecule has 0 aromatic heterocycles. The summed E-state index contributed by atoms with van der Waals surface area (Å²) >= 11 is 0. The van der Waals surface area contributed by atoms with Gasteiger partial charge in [0.1, 0.15) is 0 Å². The summed E-state index contributed by atoms with van der Waals surface area (Å²) in [6, 6.07) is 0.725. The number of fused-ring (bicyclic) bond motifs is 1. The Labute approximate surface area is 62.5 Å². The van der Waals surface area contributed by atoms with E-state index in [4.69, 9.17) is 0 Å². The molecule has 0 N–H and O–H groups in total. The first kappa shape index (κ1) is 6.38. The van der Waals surface area contributed by atoms with Crippen LogP contribution in [0.15, 0.2) is 4.99 Å². The zero-order chi connectivity index (χ0) is 6.81. The highest BCUT2D eigenvalue weighted by molar-refractivity contribution is 5.58. The van der Waals surface area contributed by atoms with Gasteiger partial charge in [0, 0.05) is 0 Å². The monoisotopic (exact) mass is 137 g/mol. The maximum atomic E-state index is 4.53. The van der Waals surface area contributed by atoms with Gasteiger partial charge in [-0.15, -0.1) is 0 Å². The van der Waals surface area contributed by atoms with Gasteiger partial charge in [-0.1, -0.05) is 12.8 Å². The first-order valence-electron chi connectivity index (χ1n) is 4.48. The van der Waals surface area contributed by atoms with Crippen LogP contribution in [0.25, 0.3) is 0 Å². The molecule has 1 saturated carbocycles. The Kier molecular flexibility index (Phi) is 1.74. The molecular weight excluding hydrogens is 122 g/mol. The average molecular weight is 137 g/mol. The number of nitrogens with zero attached hydrogens (tertiary/aromatic N) is 1. The van der Waals surface area contributed by atoms with Crippen molar-refractivity contribution >= 4 is 6.21 Å². The molecule has 2 aliphatic rings. The molecule has 2 unspecified atom stereocenters. The second-order valence-corrected chi connectivity index (χ2v) is 3.52. The predicted octanol–water partition coefficient (Wildman–Crippen LogP) is 2.41. The highest BCUT2D eigenvalue weighted by atomic mass is 14.8. The summed E-state index contributed by atoms with van der Waals surface area (Å²) < 4.78 is 0. The Morgan fingerprint density at radius 3 is 2.90 bits per heavy atom. The van der Waals surface area contributed by atoms with Gasteiger partial charge >= 0.3 is 0 Å². The largest absolute Gasteiger partial charge is 0.294 e. The van der Waals surface area contributed by atoms with E-state index in [1.807, 2.05) is 0 Å². The van der Waals surface area contributed by atoms with Crippen LogP contribution in [0, 0.1) is 5.92 Å². The smallest absolute Gasteiger partial charge is 0.0524 e. The van der Waals surface area contributed by atoms with Crippen LogP contribution in [-0.2, 0) is 0 Å². The summed E-state index contributed by atoms with van der Waals surface area (Å²) in [5.74, 6) is 0.957. The maximum Gasteiger partial charge on any atom is 0.0524 e. The minimum absolute atomic E-state index is 0.725. The molecule has 0 saturated heterocycles. The van der Waals surface area contributed by atoms with E-state index in [1.165, 1.54) is 38.5 Å². The van der Waals surface area contributed by atoms with Crippen molar-refractivity contribution in [2.75, 3.05) is 0 Å². The lowest BCUT2D eigenvalue weighted by Gasteiger charge is -2.30. The SMILES string of the molecule is C1=NC2CCCCC2CC1. The van der Waals surface area contributed by atoms with Crippen molar-refractivity contribution in [1.29, 1.82) is 0 Å². The van der Waals surface area contributed by atoms with E-state index in [9.17, 15) is 0 Å². The van der Waals surface area contributed by atoms with Gasteiger partial charge in [0.05, 0.1) is 6.04 Å². The predicted molar refractivity (Wildman–Crippen MR) is 43.5 cm³/mol. The van der Waals surface area contributed by atoms with E-state index in [1.54, 1.807) is 0 Å². The molecule has 2 atom stereocenters. The molecule has 0 amide bonds. The molecule has 1 heterocycles. The van der Waals surface area contributed by atoms with Crippen molar-refractivity contribution in [3.63, 3.8) is 0 Å². The summed E-state index contributed by atoms with van der Waals surface area (Å²) in [4.78, 5) is 4.53. The first-order valence-corrected chi connectivity index (χ1v) is 4.48. The standard InChI is InChI=1S/C9H15N/c1-2-6-9-8(4-1)5-3-7-10-9/h7-9H,1-6H2. The summed E-state index contributed by atoms with van der Waals surface area (Å²) in [5.41, 5.74) is 0. The Balaban J connectivity index is 2.03. The molecule has 0 aromatic rings. The van der Waals surface area contributed by atoms with Crippen LogP contribution in [0.3, 0.4) is 0 Å². The molecule has 1 aliphatic heterocycles. The fourth-order valence-corrected chi connectivity index (χ4v) is 2.22. The number of hydrogen-bond acceptors (Lipinski definition) is 1. The number of hydrogen-bond donors (Lipinski definition) is 0. The normalized spacial score (nSPS) is 39.2. The van der Waals surface area contributed by atoms with Crippen LogP contribution in [0.5, 0.6) is 0 Å². The first-order chi connectivity index (χ1) is 4.97. The van der Waals surface area contributed by atoms with Crippen LogP contribution < -0.4 is 0 Å². The van der Waals surface area contributed by atoms with Crippen LogP contribution in [0.1, 0.15) is 38.5 Å². The molecule has 1 aliphatic carbocycles. The van der Waals surface area contributed by atoms with Crippen molar-refractivity contribution in [3.8, 4) is 0 Å². The summed E-state index contributed by atoms with van der Waals surface area (Å²) in [6.45, 7) is 0. The molecule has 1 fully saturated rings. The summed E-state index contributed by atoms with van der Waals surface area (Å²) in [7, 11) is 0. The fourth-order valence-electron chi connectivity index (χ4n) is 2.22. The zero-order valence-corrected chi connectivity index (χ0v) is 6.42. The van der Waals surface area contributed by atoms with Crippen LogP contribution in [0.2, 0.25) is 0 Å². The minimum Gasteiger partial charge on any atom is -0.294 e. The molecule has 1 heteroatoms. The number of aliphatic imine (C=N–C) groups is 1. The van der Waals surface area contributed by atoms with E-state index < -0.39 is 0 Å². The average Bonchev–Trinajstić information content (AvgIpc) is 2.05. The Morgan fingerprint density at radius 1 is 1.10 bits per heavy atom. The Hall–Kier alpha value is -0.330. The molecule has 56 valence electrons. The van der Waals surface area contributed by atoms with Crippen molar-refractivity contribution < 1.29 is 0 Å². The highest BCUT2D eigenvalue weighted by Crippen LogP contribution is 2.31. The van der Waals surface area contributed by atoms with E-state index in [0.717, 1.165) is 12.0 Å². The second-order valence-electron chi connectivity index (χ2n) is 3.52. The van der Waals surface area contributed by atoms with Gasteiger partial charge in [-0.25, -0.2) is 0 Å². The third kappa shape index (κ3) is 1.09. The second kappa shape index (κ2) is 2.73. The van der Waals surface area contributed by atoms with E-state index in [0.29, 0.717) is 0 Å². The highest BCUT2D eigenvalue weighted by Gasteiger charge is 2.25. The van der Waals surface area contributed by atoms with Crippen molar-refractivity contribution in [1.82, 2.24) is 0 Å². The van der Waals surface area contributed by atoms with Gasteiger partial charge in [-0.3, -0.25) is 4.99 Å².